The molecule has 1 amide bonds. The second-order valence-electron chi connectivity index (χ2n) is 5.86. The Morgan fingerprint density at radius 3 is 2.61 bits per heavy atom. The number of imidazole rings is 1. The summed E-state index contributed by atoms with van der Waals surface area (Å²) in [7, 11) is 0. The van der Waals surface area contributed by atoms with E-state index >= 15 is 0 Å². The van der Waals surface area contributed by atoms with Crippen LogP contribution in [0.1, 0.15) is 15.9 Å². The fourth-order valence-electron chi connectivity index (χ4n) is 2.71. The van der Waals surface area contributed by atoms with E-state index in [0.717, 1.165) is 0 Å². The highest BCUT2D eigenvalue weighted by atomic mass is 32.2. The smallest absolute Gasteiger partial charge is 0.234 e. The monoisotopic (exact) mass is 389 g/mol. The van der Waals surface area contributed by atoms with E-state index in [4.69, 9.17) is 0 Å². The first-order valence-electron chi connectivity index (χ1n) is 8.48. The molecule has 8 heteroatoms. The Kier molecular flexibility index (Phi) is 5.11. The van der Waals surface area contributed by atoms with Gasteiger partial charge in [0.2, 0.25) is 5.91 Å². The molecule has 0 aliphatic heterocycles. The van der Waals surface area contributed by atoms with E-state index in [1.165, 1.54) is 24.4 Å². The maximum absolute atomic E-state index is 12.8. The molecular formula is C20H15N5O2S. The van der Waals surface area contributed by atoms with Gasteiger partial charge >= 0.3 is 0 Å². The number of benzene rings is 2. The Labute approximate surface area is 164 Å². The molecule has 4 aromatic rings. The summed E-state index contributed by atoms with van der Waals surface area (Å²) >= 11 is 1.27. The van der Waals surface area contributed by atoms with Gasteiger partial charge in [-0.15, -0.1) is 0 Å². The van der Waals surface area contributed by atoms with Crippen LogP contribution in [0.5, 0.6) is 0 Å². The number of rotatable bonds is 6. The van der Waals surface area contributed by atoms with Crippen molar-refractivity contribution in [1.29, 1.82) is 0 Å². The van der Waals surface area contributed by atoms with Gasteiger partial charge in [0.05, 0.1) is 17.8 Å². The lowest BCUT2D eigenvalue weighted by molar-refractivity contribution is -0.113. The summed E-state index contributed by atoms with van der Waals surface area (Å²) in [4.78, 5) is 40.5. The highest BCUT2D eigenvalue weighted by Gasteiger charge is 2.15. The van der Waals surface area contributed by atoms with Crippen molar-refractivity contribution < 1.29 is 9.59 Å². The average Bonchev–Trinajstić information content (AvgIpc) is 3.22. The molecule has 0 fully saturated rings. The van der Waals surface area contributed by atoms with Gasteiger partial charge in [0.15, 0.2) is 11.4 Å². The number of carbonyl (C=O) groups is 2. The molecule has 4 rings (SSSR count). The lowest BCUT2D eigenvalue weighted by Crippen LogP contribution is -2.17. The predicted molar refractivity (Wildman–Crippen MR) is 107 cm³/mol. The summed E-state index contributed by atoms with van der Waals surface area (Å²) in [6, 6.07) is 16.0. The van der Waals surface area contributed by atoms with Crippen molar-refractivity contribution in [2.24, 2.45) is 0 Å². The first-order chi connectivity index (χ1) is 13.7. The number of hydrogen-bond donors (Lipinski definition) is 2. The number of aromatic nitrogens is 4. The van der Waals surface area contributed by atoms with Crippen LogP contribution >= 0.6 is 11.8 Å². The summed E-state index contributed by atoms with van der Waals surface area (Å²) in [6.07, 6.45) is 2.95. The molecule has 0 saturated carbocycles. The SMILES string of the molecule is O=C(CSc1ncnc2nc[nH]c12)Nc1ccccc1C(=O)c1ccccc1. The van der Waals surface area contributed by atoms with Crippen LogP contribution < -0.4 is 5.32 Å². The van der Waals surface area contributed by atoms with E-state index in [-0.39, 0.29) is 17.4 Å². The van der Waals surface area contributed by atoms with Crippen LogP contribution in [0.15, 0.2) is 72.3 Å². The van der Waals surface area contributed by atoms with Crippen LogP contribution in [0.2, 0.25) is 0 Å². The lowest BCUT2D eigenvalue weighted by Gasteiger charge is -2.10. The molecule has 0 atom stereocenters. The third kappa shape index (κ3) is 3.77. The number of hydrogen-bond acceptors (Lipinski definition) is 6. The molecule has 0 unspecified atom stereocenters. The number of amides is 1. The predicted octanol–water partition coefficient (Wildman–Crippen LogP) is 3.31. The molecular weight excluding hydrogens is 374 g/mol. The molecule has 28 heavy (non-hydrogen) atoms. The van der Waals surface area contributed by atoms with E-state index in [1.807, 2.05) is 18.2 Å². The number of anilines is 1. The highest BCUT2D eigenvalue weighted by molar-refractivity contribution is 8.00. The Bertz CT molecular complexity index is 1140. The summed E-state index contributed by atoms with van der Waals surface area (Å²) in [5.74, 6) is -0.234. The zero-order valence-corrected chi connectivity index (χ0v) is 15.4. The molecule has 2 aromatic carbocycles. The number of aromatic amines is 1. The van der Waals surface area contributed by atoms with Crippen molar-refractivity contribution in [2.75, 3.05) is 11.1 Å². The van der Waals surface area contributed by atoms with Gasteiger partial charge in [-0.25, -0.2) is 15.0 Å². The van der Waals surface area contributed by atoms with Crippen molar-refractivity contribution in [1.82, 2.24) is 19.9 Å². The summed E-state index contributed by atoms with van der Waals surface area (Å²) in [6.45, 7) is 0. The molecule has 2 N–H and O–H groups in total. The standard InChI is InChI=1S/C20H15N5O2S/c26-16(10-28-20-17-19(22-11-21-17)23-12-24-20)25-15-9-5-4-8-14(15)18(27)13-6-2-1-3-7-13/h1-9,11-12H,10H2,(H,25,26)(H,21,22,23,24). The third-order valence-corrected chi connectivity index (χ3v) is 5.00. The van der Waals surface area contributed by atoms with Crippen molar-refractivity contribution in [2.45, 2.75) is 5.03 Å². The van der Waals surface area contributed by atoms with Gasteiger partial charge in [-0.05, 0) is 12.1 Å². The van der Waals surface area contributed by atoms with Gasteiger partial charge in [0.25, 0.3) is 0 Å². The van der Waals surface area contributed by atoms with Crippen molar-refractivity contribution in [3.63, 3.8) is 0 Å². The van der Waals surface area contributed by atoms with E-state index in [2.05, 4.69) is 25.3 Å². The number of nitrogens with zero attached hydrogens (tertiary/aromatic N) is 3. The molecule has 0 saturated heterocycles. The molecule has 0 aliphatic carbocycles. The number of thioether (sulfide) groups is 1. The molecule has 2 aromatic heterocycles. The van der Waals surface area contributed by atoms with Crippen molar-refractivity contribution >= 4 is 40.3 Å². The van der Waals surface area contributed by atoms with Crippen LogP contribution in [0, 0.1) is 0 Å². The van der Waals surface area contributed by atoms with E-state index in [1.54, 1.807) is 36.4 Å². The van der Waals surface area contributed by atoms with Crippen LogP contribution in [0.25, 0.3) is 11.2 Å². The fraction of sp³-hybridized carbons (Fsp3) is 0.0500. The Morgan fingerprint density at radius 2 is 1.75 bits per heavy atom. The quantitative estimate of drug-likeness (QED) is 0.298. The normalized spacial score (nSPS) is 10.7. The second kappa shape index (κ2) is 8.01. The first-order valence-corrected chi connectivity index (χ1v) is 9.46. The molecule has 0 radical (unpaired) electrons. The summed E-state index contributed by atoms with van der Waals surface area (Å²) in [5, 5.41) is 3.47. The van der Waals surface area contributed by atoms with Gasteiger partial charge in [-0.3, -0.25) is 9.59 Å². The average molecular weight is 389 g/mol. The third-order valence-electron chi connectivity index (χ3n) is 4.01. The van der Waals surface area contributed by atoms with E-state index in [0.29, 0.717) is 33.0 Å². The Hall–Kier alpha value is -3.52. The topological polar surface area (TPSA) is 101 Å². The molecule has 0 bridgehead atoms. The van der Waals surface area contributed by atoms with Crippen LogP contribution in [0.3, 0.4) is 0 Å². The minimum absolute atomic E-state index is 0.138. The van der Waals surface area contributed by atoms with E-state index < -0.39 is 0 Å². The Morgan fingerprint density at radius 1 is 0.964 bits per heavy atom. The van der Waals surface area contributed by atoms with Crippen LogP contribution in [-0.4, -0.2) is 37.4 Å². The Balaban J connectivity index is 1.48. The number of fused-ring (bicyclic) bond motifs is 1. The highest BCUT2D eigenvalue weighted by Crippen LogP contribution is 2.23. The fourth-order valence-corrected chi connectivity index (χ4v) is 3.46. The van der Waals surface area contributed by atoms with Crippen LogP contribution in [0.4, 0.5) is 5.69 Å². The number of H-pyrrole nitrogens is 1. The minimum atomic E-state index is -0.232. The van der Waals surface area contributed by atoms with Gasteiger partial charge in [0, 0.05) is 11.1 Å². The minimum Gasteiger partial charge on any atom is -0.341 e. The maximum Gasteiger partial charge on any atom is 0.234 e. The van der Waals surface area contributed by atoms with Crippen LogP contribution in [-0.2, 0) is 4.79 Å². The zero-order chi connectivity index (χ0) is 19.3. The summed E-state index contributed by atoms with van der Waals surface area (Å²) < 4.78 is 0. The van der Waals surface area contributed by atoms with Gasteiger partial charge < -0.3 is 10.3 Å². The van der Waals surface area contributed by atoms with Crippen molar-refractivity contribution in [3.8, 4) is 0 Å². The van der Waals surface area contributed by atoms with E-state index in [9.17, 15) is 9.59 Å². The molecule has 0 spiro atoms. The van der Waals surface area contributed by atoms with Gasteiger partial charge in [0.1, 0.15) is 16.9 Å². The number of carbonyl (C=O) groups excluding carboxylic acids is 2. The van der Waals surface area contributed by atoms with Gasteiger partial charge in [-0.1, -0.05) is 54.2 Å². The van der Waals surface area contributed by atoms with Gasteiger partial charge in [-0.2, -0.15) is 0 Å². The number of para-hydroxylation sites is 1. The number of ketones is 1. The first kappa shape index (κ1) is 17.9. The molecule has 138 valence electrons. The summed E-state index contributed by atoms with van der Waals surface area (Å²) in [5.41, 5.74) is 2.75. The largest absolute Gasteiger partial charge is 0.341 e. The molecule has 2 heterocycles. The molecule has 0 aliphatic rings. The second-order valence-corrected chi connectivity index (χ2v) is 6.82. The molecule has 7 nitrogen and oxygen atoms in total. The maximum atomic E-state index is 12.8. The van der Waals surface area contributed by atoms with Crippen molar-refractivity contribution in [3.05, 3.63) is 78.4 Å². The zero-order valence-electron chi connectivity index (χ0n) is 14.6. The number of nitrogens with one attached hydrogen (secondary N) is 2. The lowest BCUT2D eigenvalue weighted by atomic mass is 10.0.